The molecule has 1 aromatic carbocycles. The second-order valence-corrected chi connectivity index (χ2v) is 4.69. The number of carbonyl (C=O) groups is 1. The summed E-state index contributed by atoms with van der Waals surface area (Å²) in [6.45, 7) is 5.58. The van der Waals surface area contributed by atoms with E-state index in [-0.39, 0.29) is 11.8 Å². The molecule has 0 saturated carbocycles. The minimum atomic E-state index is 0.0196. The van der Waals surface area contributed by atoms with Crippen LogP contribution in [-0.2, 0) is 4.79 Å². The number of rotatable bonds is 1. The Morgan fingerprint density at radius 3 is 2.83 bits per heavy atom. The van der Waals surface area contributed by atoms with Crippen molar-refractivity contribution < 1.29 is 4.79 Å². The maximum absolute atomic E-state index is 11.8. The van der Waals surface area contributed by atoms with Crippen molar-refractivity contribution in [2.75, 3.05) is 5.32 Å². The van der Waals surface area contributed by atoms with E-state index >= 15 is 0 Å². The Morgan fingerprint density at radius 1 is 1.39 bits per heavy atom. The van der Waals surface area contributed by atoms with Crippen LogP contribution in [0, 0.1) is 0 Å². The average Bonchev–Trinajstić information content (AvgIpc) is 2.66. The molecule has 1 unspecified atom stereocenters. The monoisotopic (exact) mass is 241 g/mol. The number of imidazole rings is 1. The fraction of sp³-hybridized carbons (Fsp3) is 0.286. The van der Waals surface area contributed by atoms with Gasteiger partial charge in [0.15, 0.2) is 5.78 Å². The number of nitrogens with zero attached hydrogens (tertiary/aromatic N) is 2. The summed E-state index contributed by atoms with van der Waals surface area (Å²) in [4.78, 5) is 16.3. The van der Waals surface area contributed by atoms with Crippen LogP contribution in [0.25, 0.3) is 11.0 Å². The van der Waals surface area contributed by atoms with Crippen molar-refractivity contribution in [3.8, 4) is 0 Å². The van der Waals surface area contributed by atoms with Gasteiger partial charge < -0.3 is 9.88 Å². The first-order valence-corrected chi connectivity index (χ1v) is 6.05. The third kappa shape index (κ3) is 1.38. The molecule has 2 aromatic rings. The van der Waals surface area contributed by atoms with Crippen molar-refractivity contribution in [2.24, 2.45) is 0 Å². The molecule has 92 valence electrons. The molecule has 0 radical (unpaired) electrons. The number of anilines is 1. The largest absolute Gasteiger partial charge is 0.329 e. The average molecular weight is 241 g/mol. The number of aromatic nitrogens is 2. The summed E-state index contributed by atoms with van der Waals surface area (Å²) < 4.78 is 2.08. The van der Waals surface area contributed by atoms with Crippen molar-refractivity contribution in [3.05, 3.63) is 35.5 Å². The van der Waals surface area contributed by atoms with E-state index in [4.69, 9.17) is 0 Å². The topological polar surface area (TPSA) is 46.9 Å². The van der Waals surface area contributed by atoms with E-state index in [1.54, 1.807) is 6.92 Å². The highest BCUT2D eigenvalue weighted by molar-refractivity contribution is 5.96. The van der Waals surface area contributed by atoms with E-state index in [0.29, 0.717) is 0 Å². The lowest BCUT2D eigenvalue weighted by Crippen LogP contribution is -2.24. The Hall–Kier alpha value is -2.10. The summed E-state index contributed by atoms with van der Waals surface area (Å²) in [5, 5.41) is 3.22. The number of hydrogen-bond donors (Lipinski definition) is 1. The van der Waals surface area contributed by atoms with Crippen LogP contribution in [0.1, 0.15) is 26.8 Å². The quantitative estimate of drug-likeness (QED) is 0.835. The van der Waals surface area contributed by atoms with E-state index in [2.05, 4.69) is 14.9 Å². The molecule has 2 heterocycles. The van der Waals surface area contributed by atoms with Crippen molar-refractivity contribution in [3.63, 3.8) is 0 Å². The van der Waals surface area contributed by atoms with Gasteiger partial charge in [0.2, 0.25) is 5.95 Å². The standard InChI is InChI=1S/C14H15N3O/c1-8-13(10(3)18)9(2)17-12-7-5-4-6-11(12)16-14(17)15-8/h4-7,9H,1-3H3,(H,15,16). The zero-order valence-corrected chi connectivity index (χ0v) is 10.7. The predicted octanol–water partition coefficient (Wildman–Crippen LogP) is 2.89. The van der Waals surface area contributed by atoms with Crippen LogP contribution in [-0.4, -0.2) is 15.3 Å². The molecule has 1 atom stereocenters. The van der Waals surface area contributed by atoms with Gasteiger partial charge in [-0.3, -0.25) is 4.79 Å². The van der Waals surface area contributed by atoms with E-state index < -0.39 is 0 Å². The Morgan fingerprint density at radius 2 is 2.11 bits per heavy atom. The van der Waals surface area contributed by atoms with Crippen LogP contribution in [0.5, 0.6) is 0 Å². The van der Waals surface area contributed by atoms with Gasteiger partial charge in [-0.1, -0.05) is 12.1 Å². The van der Waals surface area contributed by atoms with Crippen LogP contribution < -0.4 is 5.32 Å². The van der Waals surface area contributed by atoms with Crippen LogP contribution in [0.15, 0.2) is 35.5 Å². The van der Waals surface area contributed by atoms with Gasteiger partial charge >= 0.3 is 0 Å². The number of nitrogens with one attached hydrogen (secondary N) is 1. The lowest BCUT2D eigenvalue weighted by molar-refractivity contribution is -0.114. The minimum absolute atomic E-state index is 0.0196. The second kappa shape index (κ2) is 3.70. The number of fused-ring (bicyclic) bond motifs is 3. The number of Topliss-reactive ketones (excluding diaryl/α,β-unsaturated/α-hetero) is 1. The zero-order valence-electron chi connectivity index (χ0n) is 10.7. The van der Waals surface area contributed by atoms with Crippen molar-refractivity contribution in [2.45, 2.75) is 26.8 Å². The molecule has 0 fully saturated rings. The number of ketones is 1. The maximum Gasteiger partial charge on any atom is 0.208 e. The molecule has 1 aromatic heterocycles. The highest BCUT2D eigenvalue weighted by Crippen LogP contribution is 2.34. The SMILES string of the molecule is CC(=O)C1=C(C)Nc2nc3ccccc3n2C1C. The first-order valence-electron chi connectivity index (χ1n) is 6.05. The number of hydrogen-bond acceptors (Lipinski definition) is 3. The molecule has 4 heteroatoms. The fourth-order valence-electron chi connectivity index (χ4n) is 2.76. The van der Waals surface area contributed by atoms with Gasteiger partial charge in [-0.25, -0.2) is 4.98 Å². The van der Waals surface area contributed by atoms with Crippen molar-refractivity contribution in [1.29, 1.82) is 0 Å². The summed E-state index contributed by atoms with van der Waals surface area (Å²) in [7, 11) is 0. The van der Waals surface area contributed by atoms with Crippen LogP contribution >= 0.6 is 0 Å². The van der Waals surface area contributed by atoms with Crippen LogP contribution in [0.3, 0.4) is 0 Å². The molecule has 0 saturated heterocycles. The van der Waals surface area contributed by atoms with Crippen molar-refractivity contribution >= 4 is 22.8 Å². The Balaban J connectivity index is 2.26. The molecular weight excluding hydrogens is 226 g/mol. The number of benzene rings is 1. The molecule has 0 aliphatic carbocycles. The summed E-state index contributed by atoms with van der Waals surface area (Å²) in [6, 6.07) is 7.99. The fourth-order valence-corrected chi connectivity index (χ4v) is 2.76. The highest BCUT2D eigenvalue weighted by Gasteiger charge is 2.27. The number of para-hydroxylation sites is 2. The van der Waals surface area contributed by atoms with E-state index in [9.17, 15) is 4.79 Å². The molecule has 1 N–H and O–H groups in total. The van der Waals surface area contributed by atoms with Gasteiger partial charge in [0.25, 0.3) is 0 Å². The van der Waals surface area contributed by atoms with E-state index in [1.165, 1.54) is 0 Å². The first-order chi connectivity index (χ1) is 8.59. The lowest BCUT2D eigenvalue weighted by Gasteiger charge is -2.26. The number of carbonyl (C=O) groups excluding carboxylic acids is 1. The molecule has 3 rings (SSSR count). The zero-order chi connectivity index (χ0) is 12.9. The van der Waals surface area contributed by atoms with Gasteiger partial charge in [0, 0.05) is 11.3 Å². The highest BCUT2D eigenvalue weighted by atomic mass is 16.1. The Labute approximate surface area is 105 Å². The molecule has 18 heavy (non-hydrogen) atoms. The molecule has 1 aliphatic rings. The molecule has 0 amide bonds. The summed E-state index contributed by atoms with van der Waals surface area (Å²) in [6.07, 6.45) is 0. The van der Waals surface area contributed by atoms with Crippen molar-refractivity contribution in [1.82, 2.24) is 9.55 Å². The third-order valence-corrected chi connectivity index (χ3v) is 3.48. The summed E-state index contributed by atoms with van der Waals surface area (Å²) in [5.41, 5.74) is 3.73. The minimum Gasteiger partial charge on any atom is -0.329 e. The molecule has 0 bridgehead atoms. The lowest BCUT2D eigenvalue weighted by atomic mass is 10.0. The molecule has 0 spiro atoms. The molecular formula is C14H15N3O. The Kier molecular flexibility index (Phi) is 2.26. The smallest absolute Gasteiger partial charge is 0.208 e. The van der Waals surface area contributed by atoms with Crippen LogP contribution in [0.4, 0.5) is 5.95 Å². The number of allylic oxidation sites excluding steroid dienone is 2. The molecule has 1 aliphatic heterocycles. The van der Waals surface area contributed by atoms with Gasteiger partial charge in [0.05, 0.1) is 17.1 Å². The van der Waals surface area contributed by atoms with Crippen LogP contribution in [0.2, 0.25) is 0 Å². The Bertz CT molecular complexity index is 681. The predicted molar refractivity (Wildman–Crippen MR) is 71.4 cm³/mol. The third-order valence-electron chi connectivity index (χ3n) is 3.48. The summed E-state index contributed by atoms with van der Waals surface area (Å²) in [5.74, 6) is 0.919. The second-order valence-electron chi connectivity index (χ2n) is 4.69. The van der Waals surface area contributed by atoms with Gasteiger partial charge in [-0.05, 0) is 32.9 Å². The summed E-state index contributed by atoms with van der Waals surface area (Å²) >= 11 is 0. The van der Waals surface area contributed by atoms with E-state index in [0.717, 1.165) is 28.3 Å². The normalized spacial score (nSPS) is 18.7. The maximum atomic E-state index is 11.8. The van der Waals surface area contributed by atoms with Gasteiger partial charge in [-0.15, -0.1) is 0 Å². The molecule has 4 nitrogen and oxygen atoms in total. The first kappa shape index (κ1) is 11.0. The van der Waals surface area contributed by atoms with Gasteiger partial charge in [0.1, 0.15) is 0 Å². The van der Waals surface area contributed by atoms with E-state index in [1.807, 2.05) is 38.1 Å². The van der Waals surface area contributed by atoms with Gasteiger partial charge in [-0.2, -0.15) is 0 Å².